The second-order valence-corrected chi connectivity index (χ2v) is 11.6. The van der Waals surface area contributed by atoms with Gasteiger partial charge in [-0.05, 0) is 62.1 Å². The number of piperidine rings is 1. The lowest BCUT2D eigenvalue weighted by atomic mass is 9.96. The molecule has 1 aliphatic heterocycles. The zero-order valence-electron chi connectivity index (χ0n) is 22.1. The molecule has 204 valence electrons. The topological polar surface area (TPSA) is 157 Å². The number of H-pyrrole nitrogens is 1. The van der Waals surface area contributed by atoms with Crippen molar-refractivity contribution in [1.82, 2.24) is 20.2 Å². The third-order valence-electron chi connectivity index (χ3n) is 6.79. The molecule has 0 aliphatic carbocycles. The molecule has 1 fully saturated rings. The average molecular weight is 549 g/mol. The van der Waals surface area contributed by atoms with Crippen molar-refractivity contribution in [3.63, 3.8) is 0 Å². The molecule has 0 bridgehead atoms. The number of nitrogens with one attached hydrogen (secondary N) is 3. The highest BCUT2D eigenvalue weighted by Gasteiger charge is 2.24. The predicted molar refractivity (Wildman–Crippen MR) is 153 cm³/mol. The number of anilines is 5. The number of ether oxygens (including phenoxy) is 1. The zero-order chi connectivity index (χ0) is 27.5. The molecule has 11 nitrogen and oxygen atoms in total. The van der Waals surface area contributed by atoms with Gasteiger partial charge >= 0.3 is 0 Å². The second kappa shape index (κ2) is 11.4. The summed E-state index contributed by atoms with van der Waals surface area (Å²) in [6.07, 6.45) is 3.12. The van der Waals surface area contributed by atoms with Crippen LogP contribution in [0, 0.1) is 5.92 Å². The number of carbonyl (C=O) groups excluding carboxylic acids is 1. The van der Waals surface area contributed by atoms with E-state index in [4.69, 9.17) is 15.5 Å². The van der Waals surface area contributed by atoms with E-state index in [0.29, 0.717) is 44.8 Å². The van der Waals surface area contributed by atoms with Gasteiger partial charge in [-0.1, -0.05) is 12.1 Å². The van der Waals surface area contributed by atoms with E-state index < -0.39 is 11.2 Å². The molecular formula is C27H32N8O3S. The van der Waals surface area contributed by atoms with E-state index in [2.05, 4.69) is 30.7 Å². The van der Waals surface area contributed by atoms with Crippen LogP contribution in [0.1, 0.15) is 26.7 Å². The first-order chi connectivity index (χ1) is 18.8. The van der Waals surface area contributed by atoms with E-state index in [-0.39, 0.29) is 17.1 Å². The van der Waals surface area contributed by atoms with Gasteiger partial charge in [0.05, 0.1) is 30.1 Å². The highest BCUT2D eigenvalue weighted by Crippen LogP contribution is 2.35. The molecule has 5 N–H and O–H groups in total. The third-order valence-corrected chi connectivity index (χ3v) is 8.43. The first kappa shape index (κ1) is 26.6. The minimum absolute atomic E-state index is 0.0329. The Morgan fingerprint density at radius 3 is 2.64 bits per heavy atom. The fourth-order valence-electron chi connectivity index (χ4n) is 4.64. The molecule has 0 saturated carbocycles. The Bertz CT molecular complexity index is 1470. The number of carbonyl (C=O) groups is 1. The number of hydrogen-bond donors (Lipinski definition) is 4. The summed E-state index contributed by atoms with van der Waals surface area (Å²) in [5, 5.41) is 14.3. The molecule has 1 aliphatic rings. The monoisotopic (exact) mass is 548 g/mol. The zero-order valence-corrected chi connectivity index (χ0v) is 22.9. The van der Waals surface area contributed by atoms with E-state index >= 15 is 0 Å². The van der Waals surface area contributed by atoms with Crippen LogP contribution in [0.5, 0.6) is 5.75 Å². The van der Waals surface area contributed by atoms with E-state index in [1.165, 1.54) is 0 Å². The van der Waals surface area contributed by atoms with Gasteiger partial charge in [-0.15, -0.1) is 0 Å². The molecule has 3 heterocycles. The molecule has 1 unspecified atom stereocenters. The van der Waals surface area contributed by atoms with Crippen LogP contribution >= 0.6 is 0 Å². The van der Waals surface area contributed by atoms with E-state index in [0.717, 1.165) is 31.6 Å². The lowest BCUT2D eigenvalue weighted by Crippen LogP contribution is -2.38. The Labute approximate surface area is 229 Å². The van der Waals surface area contributed by atoms with E-state index in [1.807, 2.05) is 56.3 Å². The van der Waals surface area contributed by atoms with Crippen molar-refractivity contribution in [2.24, 2.45) is 11.7 Å². The number of rotatable bonds is 9. The lowest BCUT2D eigenvalue weighted by molar-refractivity contribution is -0.122. The maximum Gasteiger partial charge on any atom is 0.231 e. The molecule has 5 rings (SSSR count). The van der Waals surface area contributed by atoms with Gasteiger partial charge in [-0.3, -0.25) is 9.89 Å². The Morgan fingerprint density at radius 1 is 1.15 bits per heavy atom. The maximum absolute atomic E-state index is 12.9. The minimum atomic E-state index is -1.18. The fraction of sp³-hybridized carbons (Fsp3) is 0.333. The number of aromatic amines is 1. The van der Waals surface area contributed by atoms with Gasteiger partial charge in [0.1, 0.15) is 16.8 Å². The van der Waals surface area contributed by atoms with Crippen LogP contribution < -0.4 is 26.0 Å². The van der Waals surface area contributed by atoms with Gasteiger partial charge in [0.2, 0.25) is 11.9 Å². The van der Waals surface area contributed by atoms with Gasteiger partial charge in [0.15, 0.2) is 10.5 Å². The number of hydrogen-bond acceptors (Lipinski definition) is 9. The molecule has 0 radical (unpaired) electrons. The van der Waals surface area contributed by atoms with Crippen LogP contribution in [0.15, 0.2) is 53.6 Å². The molecule has 39 heavy (non-hydrogen) atoms. The van der Waals surface area contributed by atoms with Crippen LogP contribution in [0.2, 0.25) is 0 Å². The molecule has 2 aromatic carbocycles. The van der Waals surface area contributed by atoms with Crippen molar-refractivity contribution in [3.8, 4) is 5.75 Å². The van der Waals surface area contributed by atoms with Gasteiger partial charge in [-0.25, -0.2) is 0 Å². The predicted octanol–water partition coefficient (Wildman–Crippen LogP) is 4.07. The van der Waals surface area contributed by atoms with Crippen LogP contribution in [0.3, 0.4) is 0 Å². The van der Waals surface area contributed by atoms with Gasteiger partial charge in [-0.2, -0.15) is 15.1 Å². The summed E-state index contributed by atoms with van der Waals surface area (Å²) in [7, 11) is 1.61. The number of para-hydroxylation sites is 1. The Balaban J connectivity index is 1.41. The molecule has 0 spiro atoms. The summed E-state index contributed by atoms with van der Waals surface area (Å²) in [5.41, 5.74) is 8.43. The van der Waals surface area contributed by atoms with Crippen molar-refractivity contribution in [2.75, 3.05) is 35.7 Å². The summed E-state index contributed by atoms with van der Waals surface area (Å²) in [4.78, 5) is 23.7. The Kier molecular flexibility index (Phi) is 7.75. The summed E-state index contributed by atoms with van der Waals surface area (Å²) in [6, 6.07) is 13.4. The summed E-state index contributed by atoms with van der Waals surface area (Å²) in [5.74, 6) is 1.19. The Hall–Kier alpha value is -4.03. The van der Waals surface area contributed by atoms with Crippen molar-refractivity contribution >= 4 is 56.9 Å². The second-order valence-electron chi connectivity index (χ2n) is 9.67. The number of benzene rings is 2. The molecule has 2 aromatic heterocycles. The van der Waals surface area contributed by atoms with Crippen LogP contribution in [-0.4, -0.2) is 56.1 Å². The minimum Gasteiger partial charge on any atom is -0.611 e. The quantitative estimate of drug-likeness (QED) is 0.226. The fourth-order valence-corrected chi connectivity index (χ4v) is 5.69. The standard InChI is InChI=1S/C27H32N8O3S/c1-16(2)39(37)23-7-5-4-6-21(23)30-25-19-15-29-34-26(19)33-27(32-25)31-20-9-8-18(14-22(20)38-3)35-12-10-17(11-13-35)24(28)36/h4-9,14-17H,10-13H2,1-3H3,(H2,28,36)(H3,29,30,31,32,33,34). The van der Waals surface area contributed by atoms with Crippen LogP contribution in [0.4, 0.5) is 28.8 Å². The van der Waals surface area contributed by atoms with Crippen molar-refractivity contribution in [1.29, 1.82) is 0 Å². The summed E-state index contributed by atoms with van der Waals surface area (Å²) < 4.78 is 18.6. The van der Waals surface area contributed by atoms with Gasteiger partial charge in [0.25, 0.3) is 0 Å². The Morgan fingerprint density at radius 2 is 1.92 bits per heavy atom. The number of nitrogens with zero attached hydrogens (tertiary/aromatic N) is 4. The average Bonchev–Trinajstić information content (AvgIpc) is 3.42. The number of amides is 1. The normalized spacial score (nSPS) is 14.9. The molecular weight excluding hydrogens is 516 g/mol. The molecule has 1 saturated heterocycles. The molecule has 4 aromatic rings. The first-order valence-corrected chi connectivity index (χ1v) is 14.0. The van der Waals surface area contributed by atoms with Gasteiger partial charge in [0, 0.05) is 30.8 Å². The number of primary amides is 1. The first-order valence-electron chi connectivity index (χ1n) is 12.8. The molecule has 1 atom stereocenters. The van der Waals surface area contributed by atoms with Crippen LogP contribution in [-0.2, 0) is 16.0 Å². The van der Waals surface area contributed by atoms with Crippen molar-refractivity contribution in [3.05, 3.63) is 48.7 Å². The van der Waals surface area contributed by atoms with Crippen LogP contribution in [0.25, 0.3) is 11.0 Å². The highest BCUT2D eigenvalue weighted by molar-refractivity contribution is 7.92. The number of aromatic nitrogens is 4. The van der Waals surface area contributed by atoms with Crippen molar-refractivity contribution < 1.29 is 14.1 Å². The van der Waals surface area contributed by atoms with Crippen molar-refractivity contribution in [2.45, 2.75) is 36.8 Å². The van der Waals surface area contributed by atoms with E-state index in [1.54, 1.807) is 13.3 Å². The third kappa shape index (κ3) is 5.71. The summed E-state index contributed by atoms with van der Waals surface area (Å²) in [6.45, 7) is 5.35. The number of nitrogens with two attached hydrogens (primary N) is 1. The molecule has 1 amide bonds. The smallest absolute Gasteiger partial charge is 0.231 e. The van der Waals surface area contributed by atoms with E-state index in [9.17, 15) is 9.35 Å². The highest BCUT2D eigenvalue weighted by atomic mass is 32.2. The largest absolute Gasteiger partial charge is 0.611 e. The SMILES string of the molecule is COc1cc(N2CCC(C(N)=O)CC2)ccc1Nc1nc(Nc2ccccc2[S+]([O-])C(C)C)c2cn[nH]c2n1. The molecule has 12 heteroatoms. The summed E-state index contributed by atoms with van der Waals surface area (Å²) >= 11 is -1.18. The lowest BCUT2D eigenvalue weighted by Gasteiger charge is -2.32. The maximum atomic E-state index is 12.9. The van der Waals surface area contributed by atoms with Gasteiger partial charge < -0.3 is 30.6 Å². The number of methoxy groups -OCH3 is 1. The number of fused-ring (bicyclic) bond motifs is 1.